The van der Waals surface area contributed by atoms with Crippen LogP contribution in [0.15, 0.2) is 0 Å². The smallest absolute Gasteiger partial charge is 0.410 e. The minimum absolute atomic E-state index is 0.367. The molecule has 0 aliphatic heterocycles. The highest BCUT2D eigenvalue weighted by Crippen LogP contribution is 2.18. The number of carbonyl (C=O) groups is 2. The van der Waals surface area contributed by atoms with E-state index in [2.05, 4.69) is 5.32 Å². The molecular formula is C15H31N3O3. The van der Waals surface area contributed by atoms with E-state index in [-0.39, 0.29) is 11.6 Å². The average Bonchev–Trinajstić information content (AvgIpc) is 2.19. The molecule has 2 amide bonds. The van der Waals surface area contributed by atoms with Crippen LogP contribution in [0.1, 0.15) is 55.4 Å². The van der Waals surface area contributed by atoms with Crippen molar-refractivity contribution in [2.45, 2.75) is 72.1 Å². The number of carbonyl (C=O) groups excluding carboxylic acids is 2. The van der Waals surface area contributed by atoms with E-state index in [0.29, 0.717) is 13.1 Å². The number of nitrogens with one attached hydrogen (secondary N) is 1. The summed E-state index contributed by atoms with van der Waals surface area (Å²) in [6, 6.07) is 0. The lowest BCUT2D eigenvalue weighted by atomic mass is 10.0. The molecule has 0 fully saturated rings. The Bertz CT molecular complexity index is 379. The van der Waals surface area contributed by atoms with Crippen LogP contribution >= 0.6 is 0 Å². The van der Waals surface area contributed by atoms with E-state index in [1.165, 1.54) is 0 Å². The summed E-state index contributed by atoms with van der Waals surface area (Å²) in [6.45, 7) is 15.6. The second kappa shape index (κ2) is 6.64. The van der Waals surface area contributed by atoms with Gasteiger partial charge in [0.25, 0.3) is 0 Å². The average molecular weight is 301 g/mol. The van der Waals surface area contributed by atoms with Gasteiger partial charge in [0.1, 0.15) is 5.60 Å². The summed E-state index contributed by atoms with van der Waals surface area (Å²) in [4.78, 5) is 25.2. The molecule has 21 heavy (non-hydrogen) atoms. The molecule has 0 saturated carbocycles. The van der Waals surface area contributed by atoms with Crippen molar-refractivity contribution in [3.05, 3.63) is 0 Å². The van der Waals surface area contributed by atoms with Crippen LogP contribution in [0.2, 0.25) is 0 Å². The first-order chi connectivity index (χ1) is 9.17. The first-order valence-corrected chi connectivity index (χ1v) is 7.22. The fourth-order valence-electron chi connectivity index (χ4n) is 1.58. The Morgan fingerprint density at radius 3 is 1.86 bits per heavy atom. The molecule has 0 rings (SSSR count). The molecule has 0 aromatic heterocycles. The van der Waals surface area contributed by atoms with E-state index in [0.717, 1.165) is 0 Å². The zero-order valence-electron chi connectivity index (χ0n) is 14.7. The molecule has 0 aliphatic carbocycles. The van der Waals surface area contributed by atoms with Crippen molar-refractivity contribution in [2.75, 3.05) is 13.1 Å². The van der Waals surface area contributed by atoms with E-state index in [9.17, 15) is 9.59 Å². The molecular weight excluding hydrogens is 270 g/mol. The lowest BCUT2D eigenvalue weighted by Crippen LogP contribution is -2.55. The molecule has 0 spiro atoms. The van der Waals surface area contributed by atoms with E-state index >= 15 is 0 Å². The fraction of sp³-hybridized carbons (Fsp3) is 0.867. The van der Waals surface area contributed by atoms with Crippen molar-refractivity contribution in [3.63, 3.8) is 0 Å². The zero-order chi connectivity index (χ0) is 17.1. The Balaban J connectivity index is 4.75. The number of hydrogen-bond donors (Lipinski definition) is 2. The van der Waals surface area contributed by atoms with Crippen molar-refractivity contribution in [3.8, 4) is 0 Å². The van der Waals surface area contributed by atoms with Crippen molar-refractivity contribution in [1.29, 1.82) is 0 Å². The van der Waals surface area contributed by atoms with Gasteiger partial charge in [0.15, 0.2) is 0 Å². The van der Waals surface area contributed by atoms with Gasteiger partial charge < -0.3 is 20.7 Å². The molecule has 6 nitrogen and oxygen atoms in total. The molecule has 3 N–H and O–H groups in total. The monoisotopic (exact) mass is 301 g/mol. The summed E-state index contributed by atoms with van der Waals surface area (Å²) >= 11 is 0. The highest BCUT2D eigenvalue weighted by Gasteiger charge is 2.31. The molecule has 0 atom stereocenters. The minimum Gasteiger partial charge on any atom is -0.444 e. The highest BCUT2D eigenvalue weighted by atomic mass is 16.6. The number of nitrogens with zero attached hydrogens (tertiary/aromatic N) is 1. The molecule has 0 bridgehead atoms. The third-order valence-electron chi connectivity index (χ3n) is 2.94. The first-order valence-electron chi connectivity index (χ1n) is 7.22. The summed E-state index contributed by atoms with van der Waals surface area (Å²) in [5.74, 6) is -0.429. The maximum Gasteiger partial charge on any atom is 0.410 e. The van der Waals surface area contributed by atoms with Gasteiger partial charge >= 0.3 is 6.09 Å². The maximum absolute atomic E-state index is 12.3. The van der Waals surface area contributed by atoms with Crippen LogP contribution < -0.4 is 11.1 Å². The second-order valence-corrected chi connectivity index (χ2v) is 7.72. The molecule has 6 heteroatoms. The number of nitrogens with two attached hydrogens (primary N) is 1. The molecule has 0 aliphatic rings. The van der Waals surface area contributed by atoms with Gasteiger partial charge in [-0.3, -0.25) is 4.79 Å². The Morgan fingerprint density at radius 2 is 1.52 bits per heavy atom. The van der Waals surface area contributed by atoms with E-state index in [1.807, 2.05) is 41.5 Å². The predicted molar refractivity (Wildman–Crippen MR) is 84.0 cm³/mol. The van der Waals surface area contributed by atoms with E-state index in [1.54, 1.807) is 18.7 Å². The van der Waals surface area contributed by atoms with Crippen LogP contribution in [0.25, 0.3) is 0 Å². The summed E-state index contributed by atoms with van der Waals surface area (Å²) in [5, 5.41) is 3.05. The molecule has 0 aromatic rings. The van der Waals surface area contributed by atoms with Crippen molar-refractivity contribution in [2.24, 2.45) is 5.73 Å². The first kappa shape index (κ1) is 19.7. The predicted octanol–water partition coefficient (Wildman–Crippen LogP) is 1.88. The fourth-order valence-corrected chi connectivity index (χ4v) is 1.58. The van der Waals surface area contributed by atoms with Crippen LogP contribution in [-0.4, -0.2) is 46.7 Å². The topological polar surface area (TPSA) is 84.7 Å². The quantitative estimate of drug-likeness (QED) is 0.812. The number of rotatable bonds is 5. The van der Waals surface area contributed by atoms with Gasteiger partial charge in [0.2, 0.25) is 5.91 Å². The number of ether oxygens (including phenoxy) is 1. The Hall–Kier alpha value is -1.30. The standard InChI is InChI=1S/C15H31N3O3/c1-13(2,3)18(12(20)21-14(4,5)6)10-9-17-15(7,8)11(16)19/h17H,9-10H2,1-8H3,(H2,16,19). The second-order valence-electron chi connectivity index (χ2n) is 7.72. The Morgan fingerprint density at radius 1 is 1.05 bits per heavy atom. The van der Waals surface area contributed by atoms with Gasteiger partial charge in [-0.05, 0) is 55.4 Å². The maximum atomic E-state index is 12.3. The number of primary amides is 1. The minimum atomic E-state index is -0.808. The highest BCUT2D eigenvalue weighted by molar-refractivity contribution is 5.83. The number of hydrogen-bond acceptors (Lipinski definition) is 4. The van der Waals surface area contributed by atoms with E-state index < -0.39 is 17.0 Å². The molecule has 0 aromatic carbocycles. The lowest BCUT2D eigenvalue weighted by Gasteiger charge is -2.37. The third-order valence-corrected chi connectivity index (χ3v) is 2.94. The van der Waals surface area contributed by atoms with Crippen molar-refractivity contribution in [1.82, 2.24) is 10.2 Å². The summed E-state index contributed by atoms with van der Waals surface area (Å²) < 4.78 is 5.42. The van der Waals surface area contributed by atoms with E-state index in [4.69, 9.17) is 10.5 Å². The van der Waals surface area contributed by atoms with Gasteiger partial charge in [0, 0.05) is 18.6 Å². The normalized spacial score (nSPS) is 13.0. The summed E-state index contributed by atoms with van der Waals surface area (Å²) in [7, 11) is 0. The van der Waals surface area contributed by atoms with Crippen LogP contribution in [0.3, 0.4) is 0 Å². The van der Waals surface area contributed by atoms with Crippen LogP contribution in [0.4, 0.5) is 4.79 Å². The Labute approximate surface area is 128 Å². The molecule has 124 valence electrons. The summed E-state index contributed by atoms with van der Waals surface area (Å²) in [5.41, 5.74) is 3.59. The summed E-state index contributed by atoms with van der Waals surface area (Å²) in [6.07, 6.45) is -0.367. The van der Waals surface area contributed by atoms with Gasteiger partial charge in [-0.15, -0.1) is 0 Å². The van der Waals surface area contributed by atoms with Gasteiger partial charge in [-0.2, -0.15) is 0 Å². The van der Waals surface area contributed by atoms with Crippen LogP contribution in [-0.2, 0) is 9.53 Å². The molecule has 0 radical (unpaired) electrons. The van der Waals surface area contributed by atoms with Crippen molar-refractivity contribution < 1.29 is 14.3 Å². The third kappa shape index (κ3) is 7.32. The molecule has 0 saturated heterocycles. The molecule has 0 heterocycles. The largest absolute Gasteiger partial charge is 0.444 e. The lowest BCUT2D eigenvalue weighted by molar-refractivity contribution is -0.123. The SMILES string of the molecule is CC(C)(C)OC(=O)N(CCNC(C)(C)C(N)=O)C(C)(C)C. The van der Waals surface area contributed by atoms with Crippen molar-refractivity contribution >= 4 is 12.0 Å². The molecule has 0 unspecified atom stereocenters. The van der Waals surface area contributed by atoms with Gasteiger partial charge in [-0.1, -0.05) is 0 Å². The number of amides is 2. The Kier molecular flexibility index (Phi) is 6.23. The van der Waals surface area contributed by atoms with Crippen LogP contribution in [0, 0.1) is 0 Å². The van der Waals surface area contributed by atoms with Crippen LogP contribution in [0.5, 0.6) is 0 Å². The van der Waals surface area contributed by atoms with Gasteiger partial charge in [-0.25, -0.2) is 4.79 Å². The van der Waals surface area contributed by atoms with Gasteiger partial charge in [0.05, 0.1) is 5.54 Å². The zero-order valence-corrected chi connectivity index (χ0v) is 14.7.